The molecule has 0 saturated carbocycles. The first-order chi connectivity index (χ1) is 11.6. The van der Waals surface area contributed by atoms with Crippen molar-refractivity contribution in [2.24, 2.45) is 0 Å². The molecule has 2 rings (SSSR count). The van der Waals surface area contributed by atoms with Gasteiger partial charge in [0.2, 0.25) is 5.91 Å². The van der Waals surface area contributed by atoms with E-state index in [1.807, 2.05) is 6.08 Å². The summed E-state index contributed by atoms with van der Waals surface area (Å²) in [7, 11) is 0. The first kappa shape index (κ1) is 18.6. The molecule has 132 valence electrons. The number of hydrogen-bond donors (Lipinski definition) is 2. The summed E-state index contributed by atoms with van der Waals surface area (Å²) in [6.07, 6.45) is 3.06. The van der Waals surface area contributed by atoms with Gasteiger partial charge in [0.25, 0.3) is 0 Å². The molecule has 1 unspecified atom stereocenters. The van der Waals surface area contributed by atoms with E-state index in [1.54, 1.807) is 12.1 Å². The summed E-state index contributed by atoms with van der Waals surface area (Å²) in [4.78, 5) is 16.3. The Morgan fingerprint density at radius 1 is 1.25 bits per heavy atom. The van der Waals surface area contributed by atoms with Crippen LogP contribution in [0, 0.1) is 5.82 Å². The standard InChI is InChI=1S/C18H26FN3O2/c1-2-3-4-17(23)13-21-9-11-22(12-10-21)14-18(24)20-16-7-5-15(19)6-8-16/h2,5-8,17,23H,1,3-4,9-14H2,(H,20,24). The van der Waals surface area contributed by atoms with Crippen molar-refractivity contribution in [3.05, 3.63) is 42.7 Å². The van der Waals surface area contributed by atoms with Gasteiger partial charge in [-0.15, -0.1) is 6.58 Å². The highest BCUT2D eigenvalue weighted by molar-refractivity contribution is 5.92. The van der Waals surface area contributed by atoms with Crippen molar-refractivity contribution in [3.8, 4) is 0 Å². The van der Waals surface area contributed by atoms with E-state index in [9.17, 15) is 14.3 Å². The van der Waals surface area contributed by atoms with E-state index in [0.717, 1.165) is 39.0 Å². The number of β-amino-alcohol motifs (C(OH)–C–C–N with tert-alkyl or cyclic N) is 1. The predicted octanol–water partition coefficient (Wildman–Crippen LogP) is 1.71. The van der Waals surface area contributed by atoms with Gasteiger partial charge in [0.1, 0.15) is 5.82 Å². The van der Waals surface area contributed by atoms with Gasteiger partial charge >= 0.3 is 0 Å². The SMILES string of the molecule is C=CCCC(O)CN1CCN(CC(=O)Nc2ccc(F)cc2)CC1. The lowest BCUT2D eigenvalue weighted by Gasteiger charge is -2.35. The third-order valence-electron chi connectivity index (χ3n) is 4.13. The van der Waals surface area contributed by atoms with Gasteiger partial charge in [-0.1, -0.05) is 6.08 Å². The van der Waals surface area contributed by atoms with E-state index in [2.05, 4.69) is 21.7 Å². The number of piperazine rings is 1. The molecule has 1 aliphatic rings. The van der Waals surface area contributed by atoms with Crippen molar-refractivity contribution in [2.75, 3.05) is 44.6 Å². The summed E-state index contributed by atoms with van der Waals surface area (Å²) in [5, 5.41) is 12.7. The summed E-state index contributed by atoms with van der Waals surface area (Å²) in [6, 6.07) is 5.75. The lowest BCUT2D eigenvalue weighted by molar-refractivity contribution is -0.117. The minimum atomic E-state index is -0.323. The molecule has 1 atom stereocenters. The zero-order valence-electron chi connectivity index (χ0n) is 14.0. The molecule has 5 nitrogen and oxygen atoms in total. The van der Waals surface area contributed by atoms with Crippen LogP contribution in [0.3, 0.4) is 0 Å². The quantitative estimate of drug-likeness (QED) is 0.710. The normalized spacial score (nSPS) is 17.4. The Morgan fingerprint density at radius 3 is 2.50 bits per heavy atom. The summed E-state index contributed by atoms with van der Waals surface area (Å²) < 4.78 is 12.8. The van der Waals surface area contributed by atoms with Gasteiger partial charge in [-0.3, -0.25) is 14.6 Å². The molecule has 0 spiro atoms. The van der Waals surface area contributed by atoms with Gasteiger partial charge in [-0.05, 0) is 37.1 Å². The lowest BCUT2D eigenvalue weighted by atomic mass is 10.1. The number of carbonyl (C=O) groups excluding carboxylic acids is 1. The van der Waals surface area contributed by atoms with E-state index in [1.165, 1.54) is 12.1 Å². The summed E-state index contributed by atoms with van der Waals surface area (Å²) >= 11 is 0. The van der Waals surface area contributed by atoms with Gasteiger partial charge in [-0.2, -0.15) is 0 Å². The number of allylic oxidation sites excluding steroid dienone is 1. The van der Waals surface area contributed by atoms with Crippen molar-refractivity contribution >= 4 is 11.6 Å². The molecule has 24 heavy (non-hydrogen) atoms. The van der Waals surface area contributed by atoms with E-state index < -0.39 is 0 Å². The smallest absolute Gasteiger partial charge is 0.238 e. The van der Waals surface area contributed by atoms with E-state index in [0.29, 0.717) is 18.8 Å². The number of rotatable bonds is 8. The highest BCUT2D eigenvalue weighted by atomic mass is 19.1. The van der Waals surface area contributed by atoms with Crippen LogP contribution in [0.1, 0.15) is 12.8 Å². The second-order valence-electron chi connectivity index (χ2n) is 6.15. The third kappa shape index (κ3) is 6.39. The van der Waals surface area contributed by atoms with Crippen LogP contribution >= 0.6 is 0 Å². The predicted molar refractivity (Wildman–Crippen MR) is 93.3 cm³/mol. The minimum Gasteiger partial charge on any atom is -0.392 e. The Bertz CT molecular complexity index is 528. The number of nitrogens with one attached hydrogen (secondary N) is 1. The summed E-state index contributed by atoms with van der Waals surface area (Å²) in [6.45, 7) is 7.93. The number of anilines is 1. The maximum atomic E-state index is 12.8. The van der Waals surface area contributed by atoms with Crippen molar-refractivity contribution in [2.45, 2.75) is 18.9 Å². The molecular weight excluding hydrogens is 309 g/mol. The van der Waals surface area contributed by atoms with E-state index in [-0.39, 0.29) is 17.8 Å². The zero-order valence-corrected chi connectivity index (χ0v) is 14.0. The molecule has 1 aromatic rings. The molecule has 0 aliphatic carbocycles. The Balaban J connectivity index is 1.67. The zero-order chi connectivity index (χ0) is 17.4. The highest BCUT2D eigenvalue weighted by Gasteiger charge is 2.20. The molecule has 2 N–H and O–H groups in total. The maximum absolute atomic E-state index is 12.8. The summed E-state index contributed by atoms with van der Waals surface area (Å²) in [5.41, 5.74) is 0.602. The molecule has 6 heteroatoms. The second kappa shape index (κ2) is 9.52. The van der Waals surface area contributed by atoms with Gasteiger partial charge < -0.3 is 10.4 Å². The fourth-order valence-corrected chi connectivity index (χ4v) is 2.77. The molecule has 1 heterocycles. The Morgan fingerprint density at radius 2 is 1.88 bits per heavy atom. The number of hydrogen-bond acceptors (Lipinski definition) is 4. The van der Waals surface area contributed by atoms with Gasteiger partial charge in [-0.25, -0.2) is 4.39 Å². The van der Waals surface area contributed by atoms with E-state index in [4.69, 9.17) is 0 Å². The van der Waals surface area contributed by atoms with Crippen LogP contribution in [0.4, 0.5) is 10.1 Å². The molecule has 1 aliphatic heterocycles. The fourth-order valence-electron chi connectivity index (χ4n) is 2.77. The number of benzene rings is 1. The van der Waals surface area contributed by atoms with E-state index >= 15 is 0 Å². The van der Waals surface area contributed by atoms with Crippen LogP contribution in [0.15, 0.2) is 36.9 Å². The largest absolute Gasteiger partial charge is 0.392 e. The maximum Gasteiger partial charge on any atom is 0.238 e. The highest BCUT2D eigenvalue weighted by Crippen LogP contribution is 2.09. The molecule has 0 radical (unpaired) electrons. The van der Waals surface area contributed by atoms with Crippen LogP contribution < -0.4 is 5.32 Å². The molecule has 1 saturated heterocycles. The molecule has 0 bridgehead atoms. The van der Waals surface area contributed by atoms with Gasteiger partial charge in [0.05, 0.1) is 12.6 Å². The number of aliphatic hydroxyl groups is 1. The lowest BCUT2D eigenvalue weighted by Crippen LogP contribution is -2.50. The molecule has 1 amide bonds. The average Bonchev–Trinajstić information content (AvgIpc) is 2.57. The minimum absolute atomic E-state index is 0.0962. The van der Waals surface area contributed by atoms with Crippen LogP contribution in [-0.2, 0) is 4.79 Å². The second-order valence-corrected chi connectivity index (χ2v) is 6.15. The van der Waals surface area contributed by atoms with Crippen molar-refractivity contribution < 1.29 is 14.3 Å². The third-order valence-corrected chi connectivity index (χ3v) is 4.13. The number of aliphatic hydroxyl groups excluding tert-OH is 1. The summed E-state index contributed by atoms with van der Waals surface area (Å²) in [5.74, 6) is -0.416. The number of nitrogens with zero attached hydrogens (tertiary/aromatic N) is 2. The average molecular weight is 335 g/mol. The Hall–Kier alpha value is -1.76. The van der Waals surface area contributed by atoms with Crippen molar-refractivity contribution in [1.82, 2.24) is 9.80 Å². The molecule has 0 aromatic heterocycles. The van der Waals surface area contributed by atoms with Crippen molar-refractivity contribution in [1.29, 1.82) is 0 Å². The Labute approximate surface area is 142 Å². The van der Waals surface area contributed by atoms with Crippen LogP contribution in [0.5, 0.6) is 0 Å². The monoisotopic (exact) mass is 335 g/mol. The number of halogens is 1. The van der Waals surface area contributed by atoms with Crippen molar-refractivity contribution in [3.63, 3.8) is 0 Å². The van der Waals surface area contributed by atoms with Gasteiger partial charge in [0.15, 0.2) is 0 Å². The van der Waals surface area contributed by atoms with Crippen LogP contribution in [0.2, 0.25) is 0 Å². The first-order valence-corrected chi connectivity index (χ1v) is 8.36. The molecular formula is C18H26FN3O2. The topological polar surface area (TPSA) is 55.8 Å². The first-order valence-electron chi connectivity index (χ1n) is 8.36. The Kier molecular flexibility index (Phi) is 7.36. The fraction of sp³-hybridized carbons (Fsp3) is 0.500. The number of amides is 1. The van der Waals surface area contributed by atoms with Crippen LogP contribution in [-0.4, -0.2) is 66.2 Å². The molecule has 1 fully saturated rings. The molecule has 1 aromatic carbocycles. The van der Waals surface area contributed by atoms with Crippen LogP contribution in [0.25, 0.3) is 0 Å². The number of carbonyl (C=O) groups is 1. The van der Waals surface area contributed by atoms with Gasteiger partial charge in [0, 0.05) is 38.4 Å².